The fourth-order valence-electron chi connectivity index (χ4n) is 5.27. The Labute approximate surface area is 244 Å². The molecule has 1 fully saturated rings. The van der Waals surface area contributed by atoms with Crippen LogP contribution in [0.1, 0.15) is 54.2 Å². The molecule has 0 aliphatic carbocycles. The highest BCUT2D eigenvalue weighted by atomic mass is 35.5. The molecule has 5 rings (SSSR count). The summed E-state index contributed by atoms with van der Waals surface area (Å²) in [6.45, 7) is 4.92. The minimum atomic E-state index is -1.10. The summed E-state index contributed by atoms with van der Waals surface area (Å²) in [5.41, 5.74) is 3.20. The van der Waals surface area contributed by atoms with Crippen LogP contribution in [0.5, 0.6) is 5.75 Å². The first-order valence-corrected chi connectivity index (χ1v) is 14.1. The third kappa shape index (κ3) is 6.29. The van der Waals surface area contributed by atoms with Gasteiger partial charge in [0.2, 0.25) is 11.9 Å². The van der Waals surface area contributed by atoms with Gasteiger partial charge in [-0.2, -0.15) is 0 Å². The van der Waals surface area contributed by atoms with Crippen LogP contribution in [0.4, 0.5) is 5.95 Å². The van der Waals surface area contributed by atoms with Crippen molar-refractivity contribution in [1.82, 2.24) is 20.2 Å². The number of halogens is 1. The summed E-state index contributed by atoms with van der Waals surface area (Å²) in [6.07, 6.45) is 2.17. The number of anilines is 1. The van der Waals surface area contributed by atoms with Crippen LogP contribution in [0.2, 0.25) is 5.02 Å². The average molecular weight is 580 g/mol. The molecular formula is C30H34ClN5O5. The van der Waals surface area contributed by atoms with E-state index in [2.05, 4.69) is 20.6 Å². The number of hydrogen-bond donors (Lipinski definition) is 3. The van der Waals surface area contributed by atoms with E-state index < -0.39 is 18.1 Å². The Morgan fingerprint density at radius 2 is 1.98 bits per heavy atom. The van der Waals surface area contributed by atoms with E-state index in [-0.39, 0.29) is 24.5 Å². The molecule has 216 valence electrons. The van der Waals surface area contributed by atoms with Gasteiger partial charge in [-0.1, -0.05) is 35.9 Å². The summed E-state index contributed by atoms with van der Waals surface area (Å²) >= 11 is 6.48. The first-order valence-electron chi connectivity index (χ1n) is 13.7. The molecule has 2 aromatic carbocycles. The van der Waals surface area contributed by atoms with E-state index in [1.165, 1.54) is 11.8 Å². The van der Waals surface area contributed by atoms with Crippen LogP contribution in [0.25, 0.3) is 11.3 Å². The maximum absolute atomic E-state index is 13.6. The molecular weight excluding hydrogens is 546 g/mol. The molecule has 2 amide bonds. The van der Waals surface area contributed by atoms with Crippen LogP contribution >= 0.6 is 11.6 Å². The van der Waals surface area contributed by atoms with Crippen LogP contribution in [-0.2, 0) is 16.1 Å². The molecule has 0 saturated carbocycles. The van der Waals surface area contributed by atoms with Gasteiger partial charge in [-0.15, -0.1) is 0 Å². The number of rotatable bonds is 9. The maximum Gasteiger partial charge on any atom is 0.255 e. The quantitative estimate of drug-likeness (QED) is 0.348. The predicted molar refractivity (Wildman–Crippen MR) is 155 cm³/mol. The highest BCUT2D eigenvalue weighted by Crippen LogP contribution is 2.33. The number of nitrogens with one attached hydrogen (secondary N) is 2. The normalized spacial score (nSPS) is 17.5. The van der Waals surface area contributed by atoms with E-state index in [0.717, 1.165) is 24.0 Å². The number of carbonyl (C=O) groups is 2. The molecule has 41 heavy (non-hydrogen) atoms. The largest absolute Gasteiger partial charge is 0.497 e. The number of carbonyl (C=O) groups excluding carboxylic acids is 2. The predicted octanol–water partition coefficient (Wildman–Crippen LogP) is 3.98. The molecule has 3 N–H and O–H groups in total. The number of aliphatic hydroxyl groups is 1. The van der Waals surface area contributed by atoms with Gasteiger partial charge in [0, 0.05) is 36.9 Å². The second kappa shape index (κ2) is 12.4. The number of aliphatic hydroxyl groups excluding tert-OH is 1. The van der Waals surface area contributed by atoms with Crippen molar-refractivity contribution in [3.63, 3.8) is 0 Å². The Balaban J connectivity index is 1.34. The van der Waals surface area contributed by atoms with Gasteiger partial charge >= 0.3 is 0 Å². The zero-order valence-corrected chi connectivity index (χ0v) is 24.0. The van der Waals surface area contributed by atoms with Crippen LogP contribution in [0.3, 0.4) is 0 Å². The van der Waals surface area contributed by atoms with Crippen LogP contribution in [0.15, 0.2) is 48.7 Å². The van der Waals surface area contributed by atoms with Crippen molar-refractivity contribution in [3.8, 4) is 17.0 Å². The monoisotopic (exact) mass is 579 g/mol. The van der Waals surface area contributed by atoms with Gasteiger partial charge in [-0.25, -0.2) is 9.97 Å². The van der Waals surface area contributed by atoms with Gasteiger partial charge in [0.15, 0.2) is 0 Å². The lowest BCUT2D eigenvalue weighted by Gasteiger charge is -2.30. The standard InChI is InChI=1S/C30H34ClN5O5/c1-17(19-5-4-6-23(13-19)40-3)33-28(38)27(18(2)37)36-16-21-8-7-20(14-24(21)29(36)39)26-25(31)15-32-30(35-26)34-22-9-11-41-12-10-22/h4-8,13-15,17-18,22,27,37H,9-12,16H2,1-3H3,(H,33,38)(H,32,34,35)/t17-,18+,27-/m1/s1. The number of ether oxygens (including phenoxy) is 2. The van der Waals surface area contributed by atoms with Crippen LogP contribution < -0.4 is 15.4 Å². The zero-order chi connectivity index (χ0) is 29.1. The minimum absolute atomic E-state index is 0.193. The molecule has 3 heterocycles. The number of benzene rings is 2. The first kappa shape index (κ1) is 28.8. The molecule has 1 saturated heterocycles. The fraction of sp³-hybridized carbons (Fsp3) is 0.400. The van der Waals surface area contributed by atoms with Crippen LogP contribution in [-0.4, -0.2) is 70.3 Å². The third-order valence-electron chi connectivity index (χ3n) is 7.53. The summed E-state index contributed by atoms with van der Waals surface area (Å²) in [6, 6.07) is 11.6. The van der Waals surface area contributed by atoms with Gasteiger partial charge in [-0.05, 0) is 56.0 Å². The number of methoxy groups -OCH3 is 1. The molecule has 2 aliphatic rings. The maximum atomic E-state index is 13.6. The Morgan fingerprint density at radius 3 is 2.71 bits per heavy atom. The van der Waals surface area contributed by atoms with E-state index in [1.807, 2.05) is 43.3 Å². The molecule has 11 heteroatoms. The molecule has 0 unspecified atom stereocenters. The molecule has 0 spiro atoms. The second-order valence-corrected chi connectivity index (χ2v) is 10.8. The summed E-state index contributed by atoms with van der Waals surface area (Å²) in [4.78, 5) is 37.4. The topological polar surface area (TPSA) is 126 Å². The molecule has 1 aromatic heterocycles. The number of hydrogen-bond acceptors (Lipinski definition) is 8. The Bertz CT molecular complexity index is 1430. The van der Waals surface area contributed by atoms with Crippen molar-refractivity contribution < 1.29 is 24.2 Å². The van der Waals surface area contributed by atoms with E-state index in [4.69, 9.17) is 21.1 Å². The Hall–Kier alpha value is -3.73. The third-order valence-corrected chi connectivity index (χ3v) is 7.80. The fourth-order valence-corrected chi connectivity index (χ4v) is 5.47. The highest BCUT2D eigenvalue weighted by Gasteiger charge is 2.39. The van der Waals surface area contributed by atoms with E-state index in [0.29, 0.717) is 46.8 Å². The SMILES string of the molecule is COc1cccc([C@@H](C)NC(=O)[C@@H]([C@H](C)O)N2Cc3ccc(-c4nc(NC5CCOCC5)ncc4Cl)cc3C2=O)c1. The van der Waals surface area contributed by atoms with E-state index >= 15 is 0 Å². The second-order valence-electron chi connectivity index (χ2n) is 10.4. The number of nitrogens with zero attached hydrogens (tertiary/aromatic N) is 3. The van der Waals surface area contributed by atoms with Crippen molar-refractivity contribution in [1.29, 1.82) is 0 Å². The number of aromatic nitrogens is 2. The molecule has 0 bridgehead atoms. The van der Waals surface area contributed by atoms with Crippen molar-refractivity contribution in [2.45, 2.75) is 57.5 Å². The smallest absolute Gasteiger partial charge is 0.255 e. The summed E-state index contributed by atoms with van der Waals surface area (Å²) < 4.78 is 10.7. The number of fused-ring (bicyclic) bond motifs is 1. The van der Waals surface area contributed by atoms with Gasteiger partial charge in [0.25, 0.3) is 5.91 Å². The van der Waals surface area contributed by atoms with Gasteiger partial charge in [-0.3, -0.25) is 9.59 Å². The van der Waals surface area contributed by atoms with Gasteiger partial charge in [0.05, 0.1) is 36.2 Å². The lowest BCUT2D eigenvalue weighted by molar-refractivity contribution is -0.129. The Morgan fingerprint density at radius 1 is 1.20 bits per heavy atom. The lowest BCUT2D eigenvalue weighted by Crippen LogP contribution is -2.53. The molecule has 10 nitrogen and oxygen atoms in total. The molecule has 2 aliphatic heterocycles. The highest BCUT2D eigenvalue weighted by molar-refractivity contribution is 6.33. The Kier molecular flexibility index (Phi) is 8.72. The minimum Gasteiger partial charge on any atom is -0.497 e. The zero-order valence-electron chi connectivity index (χ0n) is 23.3. The van der Waals surface area contributed by atoms with E-state index in [9.17, 15) is 14.7 Å². The lowest BCUT2D eigenvalue weighted by atomic mass is 10.0. The average Bonchev–Trinajstić information content (AvgIpc) is 3.29. The summed E-state index contributed by atoms with van der Waals surface area (Å²) in [5.74, 6) is 0.342. The van der Waals surface area contributed by atoms with E-state index in [1.54, 1.807) is 19.4 Å². The summed E-state index contributed by atoms with van der Waals surface area (Å²) in [7, 11) is 1.58. The molecule has 3 aromatic rings. The molecule has 0 radical (unpaired) electrons. The van der Waals surface area contributed by atoms with Crippen LogP contribution in [0, 0.1) is 0 Å². The van der Waals surface area contributed by atoms with Gasteiger partial charge < -0.3 is 30.1 Å². The number of amides is 2. The van der Waals surface area contributed by atoms with Gasteiger partial charge in [0.1, 0.15) is 11.8 Å². The van der Waals surface area contributed by atoms with Crippen molar-refractivity contribution in [3.05, 3.63) is 70.4 Å². The van der Waals surface area contributed by atoms with Crippen molar-refractivity contribution in [2.75, 3.05) is 25.6 Å². The van der Waals surface area contributed by atoms with Crippen molar-refractivity contribution >= 4 is 29.4 Å². The van der Waals surface area contributed by atoms with Crippen molar-refractivity contribution in [2.24, 2.45) is 0 Å². The summed E-state index contributed by atoms with van der Waals surface area (Å²) in [5, 5.41) is 17.3. The first-order chi connectivity index (χ1) is 19.7. The molecule has 3 atom stereocenters.